The molecule has 1 aromatic heterocycles. The third-order valence-corrected chi connectivity index (χ3v) is 3.02. The molecule has 5 heteroatoms. The number of nitrogens with zero attached hydrogens (tertiary/aromatic N) is 2. The Morgan fingerprint density at radius 3 is 2.79 bits per heavy atom. The molecule has 19 heavy (non-hydrogen) atoms. The van der Waals surface area contributed by atoms with Gasteiger partial charge in [0.05, 0.1) is 5.56 Å². The highest BCUT2D eigenvalue weighted by Crippen LogP contribution is 2.23. The summed E-state index contributed by atoms with van der Waals surface area (Å²) in [5, 5.41) is 6.20. The van der Waals surface area contributed by atoms with Gasteiger partial charge in [0.2, 0.25) is 0 Å². The van der Waals surface area contributed by atoms with Gasteiger partial charge in [-0.1, -0.05) is 0 Å². The van der Waals surface area contributed by atoms with E-state index >= 15 is 0 Å². The molecule has 1 aliphatic carbocycles. The first-order chi connectivity index (χ1) is 9.15. The molecule has 0 atom stereocenters. The summed E-state index contributed by atoms with van der Waals surface area (Å²) >= 11 is 0. The smallest absolute Gasteiger partial charge is 0.252 e. The summed E-state index contributed by atoms with van der Waals surface area (Å²) in [6.45, 7) is 1.67. The Morgan fingerprint density at radius 1 is 1.42 bits per heavy atom. The first-order valence-corrected chi connectivity index (χ1v) is 6.80. The molecule has 1 heterocycles. The van der Waals surface area contributed by atoms with Gasteiger partial charge >= 0.3 is 0 Å². The van der Waals surface area contributed by atoms with E-state index in [0.717, 1.165) is 18.8 Å². The second-order valence-electron chi connectivity index (χ2n) is 5.26. The minimum atomic E-state index is -0.0516. The highest BCUT2D eigenvalue weighted by atomic mass is 16.1. The molecule has 0 unspecified atom stereocenters. The van der Waals surface area contributed by atoms with Gasteiger partial charge in [0.25, 0.3) is 5.91 Å². The molecule has 0 aromatic carbocycles. The van der Waals surface area contributed by atoms with Gasteiger partial charge in [-0.15, -0.1) is 0 Å². The van der Waals surface area contributed by atoms with Crippen LogP contribution in [-0.4, -0.2) is 49.0 Å². The molecule has 1 fully saturated rings. The quantitative estimate of drug-likeness (QED) is 0.728. The van der Waals surface area contributed by atoms with Gasteiger partial charge in [-0.05, 0) is 52.0 Å². The summed E-state index contributed by atoms with van der Waals surface area (Å²) in [5.41, 5.74) is 0.617. The van der Waals surface area contributed by atoms with Crippen LogP contribution in [0.25, 0.3) is 0 Å². The first-order valence-electron chi connectivity index (χ1n) is 6.80. The monoisotopic (exact) mass is 262 g/mol. The average Bonchev–Trinajstić information content (AvgIpc) is 3.19. The number of hydrogen-bond donors (Lipinski definition) is 2. The van der Waals surface area contributed by atoms with Crippen LogP contribution < -0.4 is 10.6 Å². The van der Waals surface area contributed by atoms with Crippen LogP contribution >= 0.6 is 0 Å². The van der Waals surface area contributed by atoms with Crippen LogP contribution in [0.1, 0.15) is 29.6 Å². The molecule has 0 bridgehead atoms. The fraction of sp³-hybridized carbons (Fsp3) is 0.571. The van der Waals surface area contributed by atoms with E-state index in [1.165, 1.54) is 12.8 Å². The van der Waals surface area contributed by atoms with Crippen molar-refractivity contribution >= 4 is 11.7 Å². The SMILES string of the molecule is CN(C)CCCNC(=O)c1ccc(NC2CC2)nc1. The van der Waals surface area contributed by atoms with Gasteiger partial charge < -0.3 is 15.5 Å². The topological polar surface area (TPSA) is 57.3 Å². The maximum absolute atomic E-state index is 11.9. The standard InChI is InChI=1S/C14H22N4O/c1-18(2)9-3-8-15-14(19)11-4-7-13(16-10-11)17-12-5-6-12/h4,7,10,12H,3,5-6,8-9H2,1-2H3,(H,15,19)(H,16,17). The molecular weight excluding hydrogens is 240 g/mol. The second-order valence-corrected chi connectivity index (χ2v) is 5.26. The van der Waals surface area contributed by atoms with Gasteiger partial charge in [0.1, 0.15) is 5.82 Å². The number of carbonyl (C=O) groups is 1. The molecular formula is C14H22N4O. The normalized spacial score (nSPS) is 14.5. The number of hydrogen-bond acceptors (Lipinski definition) is 4. The molecule has 1 aromatic rings. The van der Waals surface area contributed by atoms with Gasteiger partial charge in [-0.2, -0.15) is 0 Å². The van der Waals surface area contributed by atoms with Crippen LogP contribution in [0.5, 0.6) is 0 Å². The Labute approximate surface area is 114 Å². The van der Waals surface area contributed by atoms with Gasteiger partial charge in [0, 0.05) is 18.8 Å². The van der Waals surface area contributed by atoms with Crippen molar-refractivity contribution in [2.75, 3.05) is 32.5 Å². The van der Waals surface area contributed by atoms with Crippen LogP contribution in [0, 0.1) is 0 Å². The number of amides is 1. The van der Waals surface area contributed by atoms with Crippen molar-refractivity contribution in [2.45, 2.75) is 25.3 Å². The minimum absolute atomic E-state index is 0.0516. The molecule has 0 aliphatic heterocycles. The Balaban J connectivity index is 1.75. The Bertz CT molecular complexity index is 412. The largest absolute Gasteiger partial charge is 0.367 e. The molecule has 1 amide bonds. The molecule has 0 spiro atoms. The van der Waals surface area contributed by atoms with Crippen LogP contribution in [0.2, 0.25) is 0 Å². The number of anilines is 1. The summed E-state index contributed by atoms with van der Waals surface area (Å²) in [4.78, 5) is 18.2. The first kappa shape index (κ1) is 13.8. The Morgan fingerprint density at radius 2 is 2.21 bits per heavy atom. The third kappa shape index (κ3) is 4.87. The summed E-state index contributed by atoms with van der Waals surface area (Å²) < 4.78 is 0. The zero-order valence-electron chi connectivity index (χ0n) is 11.6. The average molecular weight is 262 g/mol. The van der Waals surface area contributed by atoms with Gasteiger partial charge in [-0.25, -0.2) is 4.98 Å². The predicted molar refractivity (Wildman–Crippen MR) is 76.4 cm³/mol. The highest BCUT2D eigenvalue weighted by molar-refractivity contribution is 5.94. The zero-order valence-corrected chi connectivity index (χ0v) is 11.6. The van der Waals surface area contributed by atoms with Crippen molar-refractivity contribution in [3.63, 3.8) is 0 Å². The molecule has 2 N–H and O–H groups in total. The zero-order chi connectivity index (χ0) is 13.7. The van der Waals surface area contributed by atoms with E-state index in [0.29, 0.717) is 18.2 Å². The minimum Gasteiger partial charge on any atom is -0.367 e. The van der Waals surface area contributed by atoms with E-state index < -0.39 is 0 Å². The predicted octanol–water partition coefficient (Wildman–Crippen LogP) is 1.34. The summed E-state index contributed by atoms with van der Waals surface area (Å²) in [5.74, 6) is 0.802. The van der Waals surface area contributed by atoms with E-state index in [4.69, 9.17) is 0 Å². The highest BCUT2D eigenvalue weighted by Gasteiger charge is 2.21. The van der Waals surface area contributed by atoms with E-state index in [1.54, 1.807) is 6.20 Å². The molecule has 5 nitrogen and oxygen atoms in total. The lowest BCUT2D eigenvalue weighted by Crippen LogP contribution is -2.27. The van der Waals surface area contributed by atoms with Crippen molar-refractivity contribution in [1.82, 2.24) is 15.2 Å². The summed E-state index contributed by atoms with van der Waals surface area (Å²) in [7, 11) is 4.05. The van der Waals surface area contributed by atoms with Gasteiger partial charge in [0.15, 0.2) is 0 Å². The molecule has 0 saturated heterocycles. The fourth-order valence-corrected chi connectivity index (χ4v) is 1.75. The molecule has 104 valence electrons. The van der Waals surface area contributed by atoms with E-state index in [2.05, 4.69) is 20.5 Å². The van der Waals surface area contributed by atoms with E-state index in [9.17, 15) is 4.79 Å². The third-order valence-electron chi connectivity index (χ3n) is 3.02. The number of rotatable bonds is 7. The second kappa shape index (κ2) is 6.52. The van der Waals surface area contributed by atoms with Crippen molar-refractivity contribution in [3.8, 4) is 0 Å². The lowest BCUT2D eigenvalue weighted by Gasteiger charge is -2.10. The number of pyridine rings is 1. The lowest BCUT2D eigenvalue weighted by molar-refractivity contribution is 0.0952. The van der Waals surface area contributed by atoms with E-state index in [1.807, 2.05) is 26.2 Å². The molecule has 2 rings (SSSR count). The Kier molecular flexibility index (Phi) is 4.74. The van der Waals surface area contributed by atoms with Gasteiger partial charge in [-0.3, -0.25) is 4.79 Å². The van der Waals surface area contributed by atoms with Crippen molar-refractivity contribution in [1.29, 1.82) is 0 Å². The summed E-state index contributed by atoms with van der Waals surface area (Å²) in [6.07, 6.45) is 5.02. The maximum atomic E-state index is 11.9. The van der Waals surface area contributed by atoms with Crippen molar-refractivity contribution in [2.24, 2.45) is 0 Å². The van der Waals surface area contributed by atoms with Crippen LogP contribution in [0.4, 0.5) is 5.82 Å². The fourth-order valence-electron chi connectivity index (χ4n) is 1.75. The number of aromatic nitrogens is 1. The Hall–Kier alpha value is -1.62. The lowest BCUT2D eigenvalue weighted by atomic mass is 10.2. The van der Waals surface area contributed by atoms with Crippen LogP contribution in [-0.2, 0) is 0 Å². The number of nitrogens with one attached hydrogen (secondary N) is 2. The number of carbonyl (C=O) groups excluding carboxylic acids is 1. The van der Waals surface area contributed by atoms with E-state index in [-0.39, 0.29) is 5.91 Å². The van der Waals surface area contributed by atoms with Crippen LogP contribution in [0.15, 0.2) is 18.3 Å². The maximum Gasteiger partial charge on any atom is 0.252 e. The molecule has 1 aliphatic rings. The molecule has 0 radical (unpaired) electrons. The molecule has 1 saturated carbocycles. The van der Waals surface area contributed by atoms with Crippen molar-refractivity contribution < 1.29 is 4.79 Å². The van der Waals surface area contributed by atoms with Crippen molar-refractivity contribution in [3.05, 3.63) is 23.9 Å². The van der Waals surface area contributed by atoms with Crippen LogP contribution in [0.3, 0.4) is 0 Å². The summed E-state index contributed by atoms with van der Waals surface area (Å²) in [6, 6.07) is 4.27.